The van der Waals surface area contributed by atoms with Crippen LogP contribution in [0.4, 0.5) is 0 Å². The molecule has 0 spiro atoms. The number of piperidine rings is 1. The molecule has 3 aromatic rings. The number of carbonyl (C=O) groups is 2. The lowest BCUT2D eigenvalue weighted by molar-refractivity contribution is -0.127. The quantitative estimate of drug-likeness (QED) is 0.604. The number of ether oxygens (including phenoxy) is 1. The zero-order valence-corrected chi connectivity index (χ0v) is 20.3. The Labute approximate surface area is 206 Å². The number of aromatic nitrogens is 2. The Balaban J connectivity index is 1.17. The van der Waals surface area contributed by atoms with Gasteiger partial charge in [-0.15, -0.1) is 0 Å². The molecule has 182 valence electrons. The van der Waals surface area contributed by atoms with Gasteiger partial charge in [-0.1, -0.05) is 60.2 Å². The van der Waals surface area contributed by atoms with Crippen molar-refractivity contribution < 1.29 is 14.3 Å². The molecule has 0 aliphatic carbocycles. The predicted molar refractivity (Wildman–Crippen MR) is 133 cm³/mol. The highest BCUT2D eigenvalue weighted by Gasteiger charge is 2.32. The fourth-order valence-electron chi connectivity index (χ4n) is 4.94. The summed E-state index contributed by atoms with van der Waals surface area (Å²) in [6.45, 7) is 6.17. The van der Waals surface area contributed by atoms with Crippen LogP contribution in [0.25, 0.3) is 0 Å². The number of likely N-dealkylation sites (tertiary alicyclic amines) is 1. The minimum Gasteiger partial charge on any atom is -0.365 e. The Bertz CT molecular complexity index is 1180. The highest BCUT2D eigenvalue weighted by Crippen LogP contribution is 2.29. The van der Waals surface area contributed by atoms with Crippen LogP contribution in [0.15, 0.2) is 60.9 Å². The third kappa shape index (κ3) is 5.00. The summed E-state index contributed by atoms with van der Waals surface area (Å²) < 4.78 is 8.14. The number of hydrogen-bond donors (Lipinski definition) is 1. The molecule has 7 nitrogen and oxygen atoms in total. The zero-order chi connectivity index (χ0) is 24.4. The van der Waals surface area contributed by atoms with Crippen molar-refractivity contribution in [3.05, 3.63) is 89.0 Å². The number of benzene rings is 2. The van der Waals surface area contributed by atoms with Gasteiger partial charge in [-0.05, 0) is 37.8 Å². The van der Waals surface area contributed by atoms with Crippen molar-refractivity contribution in [2.24, 2.45) is 5.92 Å². The lowest BCUT2D eigenvalue weighted by Gasteiger charge is -2.32. The van der Waals surface area contributed by atoms with E-state index < -0.39 is 0 Å². The highest BCUT2D eigenvalue weighted by molar-refractivity contribution is 5.93. The Kier molecular flexibility index (Phi) is 6.68. The number of aryl methyl sites for hydroxylation is 1. The number of fused-ring (bicyclic) bond motifs is 1. The topological polar surface area (TPSA) is 76.5 Å². The van der Waals surface area contributed by atoms with Crippen molar-refractivity contribution in [1.29, 1.82) is 0 Å². The molecule has 2 aromatic carbocycles. The first-order chi connectivity index (χ1) is 17.0. The molecule has 2 amide bonds. The Morgan fingerprint density at radius 3 is 2.49 bits per heavy atom. The third-order valence-corrected chi connectivity index (χ3v) is 7.19. The van der Waals surface area contributed by atoms with Gasteiger partial charge in [0.2, 0.25) is 5.91 Å². The summed E-state index contributed by atoms with van der Waals surface area (Å²) >= 11 is 0. The summed E-state index contributed by atoms with van der Waals surface area (Å²) in [7, 11) is 0. The molecule has 2 aliphatic heterocycles. The van der Waals surface area contributed by atoms with Gasteiger partial charge in [0, 0.05) is 19.0 Å². The Morgan fingerprint density at radius 1 is 1.06 bits per heavy atom. The fraction of sp³-hybridized carbons (Fsp3) is 0.393. The number of rotatable bonds is 5. The van der Waals surface area contributed by atoms with Gasteiger partial charge in [0.25, 0.3) is 5.91 Å². The highest BCUT2D eigenvalue weighted by atomic mass is 16.5. The SMILES string of the molecule is Cc1ccc([C@H]2Cn3cnc(C(=O)N4CCC(C(=O)N[C@H](C)c5ccccc5)CC4)c3CO2)cc1. The average Bonchev–Trinajstić information content (AvgIpc) is 3.32. The van der Waals surface area contributed by atoms with Crippen LogP contribution in [0, 0.1) is 12.8 Å². The van der Waals surface area contributed by atoms with Crippen LogP contribution in [0.1, 0.15) is 64.8 Å². The van der Waals surface area contributed by atoms with E-state index in [9.17, 15) is 9.59 Å². The van der Waals surface area contributed by atoms with E-state index in [1.807, 2.05) is 46.7 Å². The molecule has 35 heavy (non-hydrogen) atoms. The Morgan fingerprint density at radius 2 is 1.77 bits per heavy atom. The zero-order valence-electron chi connectivity index (χ0n) is 20.3. The number of hydrogen-bond acceptors (Lipinski definition) is 4. The van der Waals surface area contributed by atoms with Crippen molar-refractivity contribution in [1.82, 2.24) is 19.8 Å². The Hall–Kier alpha value is -3.45. The molecule has 5 rings (SSSR count). The van der Waals surface area contributed by atoms with Crippen LogP contribution in [0.2, 0.25) is 0 Å². The molecule has 1 N–H and O–H groups in total. The van der Waals surface area contributed by atoms with E-state index in [4.69, 9.17) is 4.74 Å². The summed E-state index contributed by atoms with van der Waals surface area (Å²) in [5, 5.41) is 3.12. The first-order valence-electron chi connectivity index (χ1n) is 12.4. The molecular weight excluding hydrogens is 440 g/mol. The van der Waals surface area contributed by atoms with E-state index in [1.165, 1.54) is 5.56 Å². The molecule has 0 unspecified atom stereocenters. The van der Waals surface area contributed by atoms with Crippen LogP contribution in [-0.4, -0.2) is 39.4 Å². The van der Waals surface area contributed by atoms with Crippen LogP contribution in [0.5, 0.6) is 0 Å². The molecular formula is C28H32N4O3. The van der Waals surface area contributed by atoms with Crippen LogP contribution in [-0.2, 0) is 22.7 Å². The van der Waals surface area contributed by atoms with Crippen LogP contribution < -0.4 is 5.32 Å². The van der Waals surface area contributed by atoms with Gasteiger partial charge in [0.15, 0.2) is 5.69 Å². The van der Waals surface area contributed by atoms with Gasteiger partial charge in [0.1, 0.15) is 6.10 Å². The maximum absolute atomic E-state index is 13.3. The smallest absolute Gasteiger partial charge is 0.274 e. The summed E-state index contributed by atoms with van der Waals surface area (Å²) in [5.41, 5.74) is 4.73. The van der Waals surface area contributed by atoms with Gasteiger partial charge < -0.3 is 19.5 Å². The number of nitrogens with zero attached hydrogens (tertiary/aromatic N) is 3. The molecule has 0 saturated carbocycles. The number of amides is 2. The second kappa shape index (κ2) is 10.0. The third-order valence-electron chi connectivity index (χ3n) is 7.19. The lowest BCUT2D eigenvalue weighted by atomic mass is 9.95. The summed E-state index contributed by atoms with van der Waals surface area (Å²) in [5.74, 6) is -0.101. The van der Waals surface area contributed by atoms with Crippen molar-refractivity contribution in [2.75, 3.05) is 13.1 Å². The number of nitrogens with one attached hydrogen (secondary N) is 1. The first-order valence-corrected chi connectivity index (χ1v) is 12.4. The molecule has 7 heteroatoms. The number of carbonyl (C=O) groups excluding carboxylic acids is 2. The van der Waals surface area contributed by atoms with E-state index >= 15 is 0 Å². The normalized spacial score (nSPS) is 19.1. The van der Waals surface area contributed by atoms with Gasteiger partial charge >= 0.3 is 0 Å². The lowest BCUT2D eigenvalue weighted by Crippen LogP contribution is -2.43. The largest absolute Gasteiger partial charge is 0.365 e. The molecule has 3 heterocycles. The van der Waals surface area contributed by atoms with Crippen molar-refractivity contribution >= 4 is 11.8 Å². The van der Waals surface area contributed by atoms with Gasteiger partial charge in [-0.3, -0.25) is 9.59 Å². The maximum atomic E-state index is 13.3. The van der Waals surface area contributed by atoms with E-state index in [2.05, 4.69) is 41.5 Å². The van der Waals surface area contributed by atoms with Crippen molar-refractivity contribution in [3.63, 3.8) is 0 Å². The second-order valence-electron chi connectivity index (χ2n) is 9.61. The minimum atomic E-state index is -0.0836. The maximum Gasteiger partial charge on any atom is 0.274 e. The molecule has 1 saturated heterocycles. The molecule has 1 aromatic heterocycles. The monoisotopic (exact) mass is 472 g/mol. The summed E-state index contributed by atoms with van der Waals surface area (Å²) in [4.78, 5) is 32.3. The molecule has 1 fully saturated rings. The molecule has 0 bridgehead atoms. The minimum absolute atomic E-state index is 0.0378. The first kappa shape index (κ1) is 23.3. The molecule has 2 aliphatic rings. The molecule has 2 atom stereocenters. The van der Waals surface area contributed by atoms with Crippen LogP contribution in [0.3, 0.4) is 0 Å². The van der Waals surface area contributed by atoms with Gasteiger partial charge in [-0.2, -0.15) is 0 Å². The standard InChI is InChI=1S/C28H32N4O3/c1-19-8-10-22(11-9-19)25-16-32-18-29-26(24(32)17-35-25)28(34)31-14-12-23(13-15-31)27(33)30-20(2)21-6-4-3-5-7-21/h3-11,18,20,23,25H,12-17H2,1-2H3,(H,30,33)/t20-,25-/m1/s1. The van der Waals surface area contributed by atoms with E-state index in [1.54, 1.807) is 6.33 Å². The van der Waals surface area contributed by atoms with Gasteiger partial charge in [0.05, 0.1) is 31.2 Å². The average molecular weight is 473 g/mol. The summed E-state index contributed by atoms with van der Waals surface area (Å²) in [6.07, 6.45) is 3.01. The van der Waals surface area contributed by atoms with E-state index in [-0.39, 0.29) is 29.9 Å². The van der Waals surface area contributed by atoms with Crippen molar-refractivity contribution in [3.8, 4) is 0 Å². The fourth-order valence-corrected chi connectivity index (χ4v) is 4.94. The molecule has 0 radical (unpaired) electrons. The number of imidazole rings is 1. The van der Waals surface area contributed by atoms with Gasteiger partial charge in [-0.25, -0.2) is 4.98 Å². The van der Waals surface area contributed by atoms with E-state index in [0.29, 0.717) is 44.8 Å². The van der Waals surface area contributed by atoms with Crippen LogP contribution >= 0.6 is 0 Å². The van der Waals surface area contributed by atoms with E-state index in [0.717, 1.165) is 16.8 Å². The predicted octanol–water partition coefficient (Wildman–Crippen LogP) is 4.19. The second-order valence-corrected chi connectivity index (χ2v) is 9.61. The van der Waals surface area contributed by atoms with Crippen molar-refractivity contribution in [2.45, 2.75) is 52.0 Å². The summed E-state index contributed by atoms with van der Waals surface area (Å²) in [6, 6.07) is 18.3.